The minimum absolute atomic E-state index is 0.109. The number of carbonyl (C=O) groups is 1. The molecule has 0 saturated carbocycles. The van der Waals surface area contributed by atoms with Crippen LogP contribution in [-0.4, -0.2) is 32.9 Å². The molecule has 0 aliphatic carbocycles. The fraction of sp³-hybridized carbons (Fsp3) is 0.0870. The summed E-state index contributed by atoms with van der Waals surface area (Å²) in [7, 11) is 1.83. The lowest BCUT2D eigenvalue weighted by Gasteiger charge is -2.28. The first-order chi connectivity index (χ1) is 13.7. The molecule has 1 aliphatic heterocycles. The number of pyridine rings is 1. The second-order valence-corrected chi connectivity index (χ2v) is 6.92. The molecule has 1 aromatic heterocycles. The monoisotopic (exact) mass is 385 g/mol. The van der Waals surface area contributed by atoms with Gasteiger partial charge in [-0.05, 0) is 47.1 Å². The molecular weight excluding hydrogens is 366 g/mol. The summed E-state index contributed by atoms with van der Waals surface area (Å²) in [5.74, 6) is -0.109. The highest BCUT2D eigenvalue weighted by Gasteiger charge is 2.41. The highest BCUT2D eigenvalue weighted by atomic mass is 32.1. The third-order valence-corrected chi connectivity index (χ3v) is 5.26. The van der Waals surface area contributed by atoms with Crippen LogP contribution in [0, 0.1) is 0 Å². The van der Waals surface area contributed by atoms with Crippen molar-refractivity contribution in [3.63, 3.8) is 0 Å². The summed E-state index contributed by atoms with van der Waals surface area (Å²) < 4.78 is 0. The molecule has 1 fully saturated rings. The van der Waals surface area contributed by atoms with Gasteiger partial charge in [-0.15, -0.1) is 0 Å². The molecule has 1 aliphatic rings. The van der Waals surface area contributed by atoms with Crippen molar-refractivity contribution in [1.29, 1.82) is 0 Å². The Kier molecular flexibility index (Phi) is 5.00. The highest BCUT2D eigenvalue weighted by molar-refractivity contribution is 7.80. The van der Waals surface area contributed by atoms with Gasteiger partial charge in [0.1, 0.15) is 5.70 Å². The molecule has 0 bridgehead atoms. The predicted octanol–water partition coefficient (Wildman–Crippen LogP) is 4.27. The summed E-state index contributed by atoms with van der Waals surface area (Å²) in [5, 5.41) is 0.489. The van der Waals surface area contributed by atoms with E-state index >= 15 is 0 Å². The Labute approximate surface area is 169 Å². The summed E-state index contributed by atoms with van der Waals surface area (Å²) in [5.41, 5.74) is 3.49. The van der Waals surface area contributed by atoms with Crippen LogP contribution in [0.3, 0.4) is 0 Å². The maximum atomic E-state index is 13.4. The van der Waals surface area contributed by atoms with Crippen molar-refractivity contribution < 1.29 is 4.79 Å². The zero-order chi connectivity index (χ0) is 19.5. The number of thiocarbonyl (C=S) groups is 1. The summed E-state index contributed by atoms with van der Waals surface area (Å²) in [6.45, 7) is 0. The molecular formula is C23H19N3OS. The molecule has 0 N–H and O–H groups in total. The van der Waals surface area contributed by atoms with Crippen LogP contribution in [0.25, 0.3) is 6.08 Å². The molecule has 138 valence electrons. The molecule has 4 nitrogen and oxygen atoms in total. The van der Waals surface area contributed by atoms with Crippen LogP contribution in [0.15, 0.2) is 90.9 Å². The molecule has 28 heavy (non-hydrogen) atoms. The Hall–Kier alpha value is -3.31. The number of aromatic nitrogens is 1. The zero-order valence-electron chi connectivity index (χ0n) is 15.4. The molecule has 1 amide bonds. The number of likely N-dealkylation sites (N-methyl/N-ethyl adjacent to an activating group) is 1. The van der Waals surface area contributed by atoms with Crippen LogP contribution >= 0.6 is 12.2 Å². The largest absolute Gasteiger partial charge is 0.317 e. The average Bonchev–Trinajstić information content (AvgIpc) is 2.95. The van der Waals surface area contributed by atoms with Crippen molar-refractivity contribution in [3.8, 4) is 0 Å². The van der Waals surface area contributed by atoms with Gasteiger partial charge in [0.2, 0.25) is 0 Å². The van der Waals surface area contributed by atoms with Gasteiger partial charge < -0.3 is 4.90 Å². The van der Waals surface area contributed by atoms with Gasteiger partial charge in [0, 0.05) is 19.4 Å². The van der Waals surface area contributed by atoms with Crippen molar-refractivity contribution in [3.05, 3.63) is 108 Å². The van der Waals surface area contributed by atoms with E-state index in [9.17, 15) is 4.79 Å². The predicted molar refractivity (Wildman–Crippen MR) is 114 cm³/mol. The Morgan fingerprint density at radius 2 is 1.43 bits per heavy atom. The summed E-state index contributed by atoms with van der Waals surface area (Å²) in [6.07, 6.45) is 5.26. The van der Waals surface area contributed by atoms with E-state index in [1.807, 2.05) is 85.9 Å². The van der Waals surface area contributed by atoms with E-state index in [2.05, 4.69) is 4.98 Å². The summed E-state index contributed by atoms with van der Waals surface area (Å²) in [6, 6.07) is 23.4. The first-order valence-electron chi connectivity index (χ1n) is 8.99. The number of carbonyl (C=O) groups excluding carboxylic acids is 1. The van der Waals surface area contributed by atoms with E-state index < -0.39 is 0 Å². The van der Waals surface area contributed by atoms with Gasteiger partial charge in [0.15, 0.2) is 5.11 Å². The Bertz CT molecular complexity index is 980. The Morgan fingerprint density at radius 3 is 1.96 bits per heavy atom. The van der Waals surface area contributed by atoms with E-state index in [1.165, 1.54) is 0 Å². The Balaban J connectivity index is 1.80. The number of hydrogen-bond acceptors (Lipinski definition) is 3. The van der Waals surface area contributed by atoms with E-state index in [0.29, 0.717) is 10.8 Å². The van der Waals surface area contributed by atoms with E-state index in [4.69, 9.17) is 12.2 Å². The van der Waals surface area contributed by atoms with E-state index in [-0.39, 0.29) is 11.9 Å². The van der Waals surface area contributed by atoms with Crippen molar-refractivity contribution in [2.45, 2.75) is 6.04 Å². The van der Waals surface area contributed by atoms with Gasteiger partial charge in [0.25, 0.3) is 5.91 Å². The van der Waals surface area contributed by atoms with Crippen LogP contribution in [-0.2, 0) is 4.79 Å². The molecule has 3 aromatic rings. The van der Waals surface area contributed by atoms with Crippen LogP contribution < -0.4 is 0 Å². The van der Waals surface area contributed by atoms with Crippen LogP contribution in [0.4, 0.5) is 0 Å². The number of rotatable bonds is 4. The number of hydrogen-bond donors (Lipinski definition) is 0. The lowest BCUT2D eigenvalue weighted by molar-refractivity contribution is -0.123. The molecule has 0 spiro atoms. The molecule has 1 saturated heterocycles. The normalized spacial score (nSPS) is 15.7. The highest BCUT2D eigenvalue weighted by Crippen LogP contribution is 2.35. The zero-order valence-corrected chi connectivity index (χ0v) is 16.2. The second kappa shape index (κ2) is 7.74. The SMILES string of the molecule is CN1C(=S)N(C(c2ccccc2)c2ccccc2)C(=O)/C1=C\c1ccncc1. The summed E-state index contributed by atoms with van der Waals surface area (Å²) >= 11 is 5.69. The summed E-state index contributed by atoms with van der Waals surface area (Å²) in [4.78, 5) is 20.9. The first kappa shape index (κ1) is 18.1. The molecule has 0 radical (unpaired) electrons. The molecule has 0 atom stereocenters. The number of benzene rings is 2. The fourth-order valence-electron chi connectivity index (χ4n) is 3.38. The van der Waals surface area contributed by atoms with Gasteiger partial charge in [0.05, 0.1) is 6.04 Å². The number of nitrogens with zero attached hydrogens (tertiary/aromatic N) is 3. The van der Waals surface area contributed by atoms with E-state index in [0.717, 1.165) is 16.7 Å². The second-order valence-electron chi connectivity index (χ2n) is 6.55. The van der Waals surface area contributed by atoms with Crippen LogP contribution in [0.5, 0.6) is 0 Å². The maximum Gasteiger partial charge on any atom is 0.277 e. The quantitative estimate of drug-likeness (QED) is 0.496. The number of amides is 1. The molecule has 4 rings (SSSR count). The van der Waals surface area contributed by atoms with Crippen LogP contribution in [0.1, 0.15) is 22.7 Å². The maximum absolute atomic E-state index is 13.4. The Morgan fingerprint density at radius 1 is 0.893 bits per heavy atom. The third kappa shape index (κ3) is 3.32. The van der Waals surface area contributed by atoms with Gasteiger partial charge in [-0.1, -0.05) is 60.7 Å². The topological polar surface area (TPSA) is 36.4 Å². The van der Waals surface area contributed by atoms with Crippen molar-refractivity contribution in [2.24, 2.45) is 0 Å². The minimum atomic E-state index is -0.284. The standard InChI is InChI=1S/C23H19N3OS/c1-25-20(16-17-12-14-24-15-13-17)22(27)26(23(25)28)21(18-8-4-2-5-9-18)19-10-6-3-7-11-19/h2-16,21H,1H3/b20-16+. The van der Waals surface area contributed by atoms with Crippen molar-refractivity contribution >= 4 is 29.3 Å². The fourth-order valence-corrected chi connectivity index (χ4v) is 3.67. The van der Waals surface area contributed by atoms with Crippen molar-refractivity contribution in [1.82, 2.24) is 14.8 Å². The lowest BCUT2D eigenvalue weighted by atomic mass is 9.97. The molecule has 0 unspecified atom stereocenters. The van der Waals surface area contributed by atoms with E-state index in [1.54, 1.807) is 22.2 Å². The molecule has 2 aromatic carbocycles. The van der Waals surface area contributed by atoms with Crippen molar-refractivity contribution in [2.75, 3.05) is 7.05 Å². The third-order valence-electron chi connectivity index (χ3n) is 4.79. The van der Waals surface area contributed by atoms with Gasteiger partial charge in [-0.2, -0.15) is 0 Å². The lowest BCUT2D eigenvalue weighted by Crippen LogP contribution is -2.35. The smallest absolute Gasteiger partial charge is 0.277 e. The first-order valence-corrected chi connectivity index (χ1v) is 9.40. The minimum Gasteiger partial charge on any atom is -0.317 e. The molecule has 2 heterocycles. The van der Waals surface area contributed by atoms with Gasteiger partial charge in [-0.3, -0.25) is 14.7 Å². The van der Waals surface area contributed by atoms with Gasteiger partial charge >= 0.3 is 0 Å². The molecule has 5 heteroatoms. The average molecular weight is 385 g/mol. The van der Waals surface area contributed by atoms with Crippen LogP contribution in [0.2, 0.25) is 0 Å². The van der Waals surface area contributed by atoms with Gasteiger partial charge in [-0.25, -0.2) is 0 Å².